The third-order valence-electron chi connectivity index (χ3n) is 2.78. The van der Waals surface area contributed by atoms with Crippen molar-refractivity contribution >= 4 is 44.6 Å². The van der Waals surface area contributed by atoms with Crippen molar-refractivity contribution in [3.05, 3.63) is 44.7 Å². The summed E-state index contributed by atoms with van der Waals surface area (Å²) in [5.74, 6) is -0.232. The van der Waals surface area contributed by atoms with Gasteiger partial charge in [-0.3, -0.25) is 4.79 Å². The second kappa shape index (κ2) is 6.45. The van der Waals surface area contributed by atoms with E-state index in [9.17, 15) is 9.59 Å². The summed E-state index contributed by atoms with van der Waals surface area (Å²) in [6.07, 6.45) is 0.107. The summed E-state index contributed by atoms with van der Waals surface area (Å²) in [6.45, 7) is 1.86. The summed E-state index contributed by atoms with van der Waals surface area (Å²) >= 11 is 4.85. The number of carboxylic acids is 1. The van der Waals surface area contributed by atoms with Gasteiger partial charge in [-0.05, 0) is 23.8 Å². The fourth-order valence-corrected chi connectivity index (χ4v) is 3.16. The zero-order valence-electron chi connectivity index (χ0n) is 10.8. The van der Waals surface area contributed by atoms with Crippen LogP contribution in [-0.2, 0) is 10.5 Å². The van der Waals surface area contributed by atoms with E-state index in [2.05, 4.69) is 15.9 Å². The fourth-order valence-electron chi connectivity index (χ4n) is 1.86. The van der Waals surface area contributed by atoms with E-state index in [1.165, 1.54) is 17.8 Å². The molecule has 1 atom stereocenters. The first-order valence-corrected chi connectivity index (χ1v) is 7.85. The lowest BCUT2D eigenvalue weighted by molar-refractivity contribution is -0.136. The molecule has 20 heavy (non-hydrogen) atoms. The predicted octanol–water partition coefficient (Wildman–Crippen LogP) is 3.65. The van der Waals surface area contributed by atoms with Crippen molar-refractivity contribution in [1.82, 2.24) is 0 Å². The van der Waals surface area contributed by atoms with Gasteiger partial charge in [-0.2, -0.15) is 11.8 Å². The van der Waals surface area contributed by atoms with Gasteiger partial charge in [-0.1, -0.05) is 22.9 Å². The molecule has 1 heterocycles. The fraction of sp³-hybridized carbons (Fsp3) is 0.286. The summed E-state index contributed by atoms with van der Waals surface area (Å²) in [7, 11) is 0. The Bertz CT molecular complexity index is 695. The van der Waals surface area contributed by atoms with E-state index >= 15 is 0 Å². The molecule has 0 saturated carbocycles. The highest BCUT2D eigenvalue weighted by atomic mass is 79.9. The molecule has 2 rings (SSSR count). The lowest BCUT2D eigenvalue weighted by atomic mass is 10.1. The molecule has 0 saturated heterocycles. The van der Waals surface area contributed by atoms with E-state index in [4.69, 9.17) is 9.52 Å². The van der Waals surface area contributed by atoms with Crippen molar-refractivity contribution in [3.63, 3.8) is 0 Å². The van der Waals surface area contributed by atoms with Gasteiger partial charge in [0, 0.05) is 26.9 Å². The van der Waals surface area contributed by atoms with Crippen LogP contribution in [0.5, 0.6) is 0 Å². The molecule has 2 aromatic rings. The van der Waals surface area contributed by atoms with Gasteiger partial charge in [-0.15, -0.1) is 0 Å². The third kappa shape index (κ3) is 3.86. The zero-order chi connectivity index (χ0) is 14.7. The molecular formula is C14H13BrO4S. The van der Waals surface area contributed by atoms with E-state index in [-0.39, 0.29) is 11.7 Å². The second-order valence-corrected chi connectivity index (χ2v) is 6.79. The van der Waals surface area contributed by atoms with Gasteiger partial charge in [0.15, 0.2) is 0 Å². The summed E-state index contributed by atoms with van der Waals surface area (Å²) in [5, 5.41) is 9.61. The number of carboxylic acid groups (broad SMARTS) is 1. The lowest BCUT2D eigenvalue weighted by Crippen LogP contribution is -2.07. The van der Waals surface area contributed by atoms with Crippen LogP contribution < -0.4 is 5.63 Å². The molecule has 0 bridgehead atoms. The average molecular weight is 357 g/mol. The number of hydrogen-bond acceptors (Lipinski definition) is 4. The minimum atomic E-state index is -0.814. The molecule has 0 spiro atoms. The van der Waals surface area contributed by atoms with Crippen LogP contribution in [0.1, 0.15) is 18.9 Å². The highest BCUT2D eigenvalue weighted by molar-refractivity contribution is 9.10. The molecule has 1 aromatic carbocycles. The Morgan fingerprint density at radius 2 is 2.20 bits per heavy atom. The molecule has 0 radical (unpaired) electrons. The Hall–Kier alpha value is -1.27. The van der Waals surface area contributed by atoms with E-state index in [1.807, 2.05) is 19.1 Å². The van der Waals surface area contributed by atoms with Gasteiger partial charge >= 0.3 is 11.6 Å². The highest BCUT2D eigenvalue weighted by Crippen LogP contribution is 2.26. The normalized spacial score (nSPS) is 12.5. The molecule has 0 aliphatic carbocycles. The van der Waals surface area contributed by atoms with Crippen molar-refractivity contribution in [2.75, 3.05) is 0 Å². The molecule has 0 aliphatic heterocycles. The van der Waals surface area contributed by atoms with Gasteiger partial charge < -0.3 is 9.52 Å². The SMILES string of the molecule is CC(CC(=O)O)SCc1cc(=O)oc2cc(Br)ccc12. The molecule has 0 aliphatic rings. The number of carbonyl (C=O) groups is 1. The van der Waals surface area contributed by atoms with Gasteiger partial charge in [0.1, 0.15) is 5.58 Å². The summed E-state index contributed by atoms with van der Waals surface area (Å²) < 4.78 is 6.01. The molecule has 6 heteroatoms. The number of halogens is 1. The summed E-state index contributed by atoms with van der Waals surface area (Å²) in [5.41, 5.74) is 1.01. The monoisotopic (exact) mass is 356 g/mol. The molecule has 0 amide bonds. The van der Waals surface area contributed by atoms with E-state index in [0.29, 0.717) is 11.3 Å². The summed E-state index contributed by atoms with van der Waals surface area (Å²) in [6, 6.07) is 7.00. The first-order valence-electron chi connectivity index (χ1n) is 6.01. The average Bonchev–Trinajstić information content (AvgIpc) is 2.34. The van der Waals surface area contributed by atoms with E-state index < -0.39 is 11.6 Å². The van der Waals surface area contributed by atoms with Crippen LogP contribution in [0.3, 0.4) is 0 Å². The van der Waals surface area contributed by atoms with Crippen LogP contribution in [0.25, 0.3) is 11.0 Å². The molecular weight excluding hydrogens is 344 g/mol. The van der Waals surface area contributed by atoms with Crippen LogP contribution >= 0.6 is 27.7 Å². The van der Waals surface area contributed by atoms with Crippen molar-refractivity contribution in [1.29, 1.82) is 0 Å². The first kappa shape index (κ1) is 15.1. The molecule has 0 fully saturated rings. The molecule has 1 N–H and O–H groups in total. The van der Waals surface area contributed by atoms with Crippen LogP contribution in [-0.4, -0.2) is 16.3 Å². The Morgan fingerprint density at radius 1 is 1.45 bits per heavy atom. The van der Waals surface area contributed by atoms with Gasteiger partial charge in [0.25, 0.3) is 0 Å². The number of hydrogen-bond donors (Lipinski definition) is 1. The Morgan fingerprint density at radius 3 is 2.90 bits per heavy atom. The maximum atomic E-state index is 11.6. The maximum absolute atomic E-state index is 11.6. The van der Waals surface area contributed by atoms with Crippen LogP contribution in [0, 0.1) is 0 Å². The minimum Gasteiger partial charge on any atom is -0.481 e. The number of rotatable bonds is 5. The quantitative estimate of drug-likeness (QED) is 0.828. The van der Waals surface area contributed by atoms with Gasteiger partial charge in [0.05, 0.1) is 6.42 Å². The van der Waals surface area contributed by atoms with Gasteiger partial charge in [0.2, 0.25) is 0 Å². The number of benzene rings is 1. The first-order chi connectivity index (χ1) is 9.45. The third-order valence-corrected chi connectivity index (χ3v) is 4.48. The zero-order valence-corrected chi connectivity index (χ0v) is 13.2. The predicted molar refractivity (Wildman–Crippen MR) is 83.2 cm³/mol. The van der Waals surface area contributed by atoms with E-state index in [0.717, 1.165) is 15.4 Å². The Labute approximate surface area is 128 Å². The van der Waals surface area contributed by atoms with Crippen LogP contribution in [0.15, 0.2) is 37.9 Å². The molecule has 4 nitrogen and oxygen atoms in total. The molecule has 106 valence electrons. The lowest BCUT2D eigenvalue weighted by Gasteiger charge is -2.10. The maximum Gasteiger partial charge on any atom is 0.336 e. The standard InChI is InChI=1S/C14H13BrO4S/c1-8(4-13(16)17)20-7-9-5-14(18)19-12-6-10(15)2-3-11(9)12/h2-3,5-6,8H,4,7H2,1H3,(H,16,17). The molecule has 1 aromatic heterocycles. The molecule has 1 unspecified atom stereocenters. The van der Waals surface area contributed by atoms with Crippen molar-refractivity contribution in [2.45, 2.75) is 24.3 Å². The highest BCUT2D eigenvalue weighted by Gasteiger charge is 2.11. The minimum absolute atomic E-state index is 0.00903. The smallest absolute Gasteiger partial charge is 0.336 e. The van der Waals surface area contributed by atoms with Gasteiger partial charge in [-0.25, -0.2) is 4.79 Å². The number of fused-ring (bicyclic) bond motifs is 1. The Kier molecular flexibility index (Phi) is 4.88. The van der Waals surface area contributed by atoms with Crippen molar-refractivity contribution in [3.8, 4) is 0 Å². The van der Waals surface area contributed by atoms with Crippen LogP contribution in [0.4, 0.5) is 0 Å². The Balaban J connectivity index is 2.25. The number of aliphatic carboxylic acids is 1. The van der Waals surface area contributed by atoms with Crippen LogP contribution in [0.2, 0.25) is 0 Å². The van der Waals surface area contributed by atoms with Crippen molar-refractivity contribution in [2.24, 2.45) is 0 Å². The topological polar surface area (TPSA) is 67.5 Å². The van der Waals surface area contributed by atoms with Crippen molar-refractivity contribution < 1.29 is 14.3 Å². The summed E-state index contributed by atoms with van der Waals surface area (Å²) in [4.78, 5) is 22.2. The largest absolute Gasteiger partial charge is 0.481 e. The number of thioether (sulfide) groups is 1. The van der Waals surface area contributed by atoms with E-state index in [1.54, 1.807) is 6.07 Å². The second-order valence-electron chi connectivity index (χ2n) is 4.45.